The zero-order valence-electron chi connectivity index (χ0n) is 10.5. The molecule has 96 valence electrons. The van der Waals surface area contributed by atoms with Gasteiger partial charge in [-0.25, -0.2) is 4.98 Å². The van der Waals surface area contributed by atoms with Gasteiger partial charge in [0.25, 0.3) is 0 Å². The maximum absolute atomic E-state index is 5.67. The van der Waals surface area contributed by atoms with E-state index in [0.29, 0.717) is 6.54 Å². The Morgan fingerprint density at radius 2 is 2.00 bits per heavy atom. The van der Waals surface area contributed by atoms with Gasteiger partial charge < -0.3 is 10.3 Å². The van der Waals surface area contributed by atoms with E-state index in [0.717, 1.165) is 27.4 Å². The van der Waals surface area contributed by atoms with Gasteiger partial charge in [0.1, 0.15) is 10.4 Å². The van der Waals surface area contributed by atoms with Crippen LogP contribution in [0.2, 0.25) is 0 Å². The van der Waals surface area contributed by atoms with E-state index in [1.165, 1.54) is 4.90 Å². The van der Waals surface area contributed by atoms with E-state index in [1.807, 2.05) is 23.4 Å². The number of hydrogen-bond acceptors (Lipinski definition) is 3. The van der Waals surface area contributed by atoms with Crippen LogP contribution in [-0.4, -0.2) is 15.3 Å². The molecule has 2 N–H and O–H groups in total. The highest BCUT2D eigenvalue weighted by Gasteiger charge is 2.13. The Kier molecular flexibility index (Phi) is 4.48. The SMILES string of the molecule is CCSc1ccc(-c2c(Br)nc(CN)n2C)cc1. The Bertz CT molecular complexity index is 534. The highest BCUT2D eigenvalue weighted by molar-refractivity contribution is 9.10. The number of benzene rings is 1. The number of halogens is 1. The van der Waals surface area contributed by atoms with Crippen LogP contribution >= 0.6 is 27.7 Å². The molecular formula is C13H16BrN3S. The minimum atomic E-state index is 0.443. The molecule has 0 saturated carbocycles. The van der Waals surface area contributed by atoms with Crippen LogP contribution in [0.5, 0.6) is 0 Å². The predicted octanol–water partition coefficient (Wildman–Crippen LogP) is 3.42. The molecule has 0 aliphatic carbocycles. The van der Waals surface area contributed by atoms with E-state index in [4.69, 9.17) is 5.73 Å². The van der Waals surface area contributed by atoms with Crippen LogP contribution < -0.4 is 5.73 Å². The number of aromatic nitrogens is 2. The fourth-order valence-corrected chi connectivity index (χ4v) is 3.24. The Balaban J connectivity index is 2.39. The van der Waals surface area contributed by atoms with Crippen molar-refractivity contribution in [2.24, 2.45) is 12.8 Å². The first-order chi connectivity index (χ1) is 8.67. The maximum atomic E-state index is 5.67. The quantitative estimate of drug-likeness (QED) is 0.876. The molecule has 1 aromatic heterocycles. The van der Waals surface area contributed by atoms with Gasteiger partial charge in [0, 0.05) is 17.5 Å². The van der Waals surface area contributed by atoms with Crippen LogP contribution in [0, 0.1) is 0 Å². The van der Waals surface area contributed by atoms with Crippen molar-refractivity contribution in [2.75, 3.05) is 5.75 Å². The van der Waals surface area contributed by atoms with Crippen LogP contribution in [0.3, 0.4) is 0 Å². The lowest BCUT2D eigenvalue weighted by molar-refractivity contribution is 0.798. The molecule has 0 aliphatic rings. The third-order valence-electron chi connectivity index (χ3n) is 2.77. The fraction of sp³-hybridized carbons (Fsp3) is 0.308. The molecule has 0 atom stereocenters. The monoisotopic (exact) mass is 325 g/mol. The highest BCUT2D eigenvalue weighted by Crippen LogP contribution is 2.30. The Hall–Kier alpha value is -0.780. The van der Waals surface area contributed by atoms with E-state index in [1.54, 1.807) is 0 Å². The van der Waals surface area contributed by atoms with Crippen molar-refractivity contribution in [3.8, 4) is 11.3 Å². The molecule has 2 rings (SSSR count). The van der Waals surface area contributed by atoms with Crippen LogP contribution in [0.15, 0.2) is 33.8 Å². The standard InChI is InChI=1S/C13H16BrN3S/c1-3-18-10-6-4-9(5-7-10)12-13(14)16-11(8-15)17(12)2/h4-7H,3,8,15H2,1-2H3. The van der Waals surface area contributed by atoms with Gasteiger partial charge in [0.15, 0.2) is 0 Å². The van der Waals surface area contributed by atoms with Gasteiger partial charge in [-0.15, -0.1) is 11.8 Å². The molecule has 0 unspecified atom stereocenters. The smallest absolute Gasteiger partial charge is 0.132 e. The lowest BCUT2D eigenvalue weighted by atomic mass is 10.2. The second-order valence-corrected chi connectivity index (χ2v) is 5.98. The van der Waals surface area contributed by atoms with E-state index in [2.05, 4.69) is 52.1 Å². The summed E-state index contributed by atoms with van der Waals surface area (Å²) in [6.07, 6.45) is 0. The van der Waals surface area contributed by atoms with E-state index in [9.17, 15) is 0 Å². The van der Waals surface area contributed by atoms with Crippen LogP contribution in [-0.2, 0) is 13.6 Å². The summed E-state index contributed by atoms with van der Waals surface area (Å²) < 4.78 is 2.88. The first-order valence-electron chi connectivity index (χ1n) is 5.81. The van der Waals surface area contributed by atoms with Crippen molar-refractivity contribution in [3.63, 3.8) is 0 Å². The second kappa shape index (κ2) is 5.91. The molecule has 0 spiro atoms. The first kappa shape index (κ1) is 13.6. The predicted molar refractivity (Wildman–Crippen MR) is 80.6 cm³/mol. The van der Waals surface area contributed by atoms with Gasteiger partial charge in [-0.1, -0.05) is 19.1 Å². The van der Waals surface area contributed by atoms with E-state index in [-0.39, 0.29) is 0 Å². The van der Waals surface area contributed by atoms with Crippen molar-refractivity contribution in [1.29, 1.82) is 0 Å². The molecule has 0 aliphatic heterocycles. The van der Waals surface area contributed by atoms with Crippen molar-refractivity contribution in [3.05, 3.63) is 34.7 Å². The molecular weight excluding hydrogens is 310 g/mol. The average Bonchev–Trinajstić information content (AvgIpc) is 2.66. The van der Waals surface area contributed by atoms with Crippen LogP contribution in [0.1, 0.15) is 12.7 Å². The number of nitrogens with zero attached hydrogens (tertiary/aromatic N) is 2. The average molecular weight is 326 g/mol. The van der Waals surface area contributed by atoms with Gasteiger partial charge in [0.2, 0.25) is 0 Å². The van der Waals surface area contributed by atoms with E-state index >= 15 is 0 Å². The highest BCUT2D eigenvalue weighted by atomic mass is 79.9. The number of hydrogen-bond donors (Lipinski definition) is 1. The summed E-state index contributed by atoms with van der Waals surface area (Å²) in [4.78, 5) is 5.70. The first-order valence-corrected chi connectivity index (χ1v) is 7.59. The second-order valence-electron chi connectivity index (χ2n) is 3.89. The molecule has 1 heterocycles. The summed E-state index contributed by atoms with van der Waals surface area (Å²) in [5.74, 6) is 1.97. The van der Waals surface area contributed by atoms with Crippen LogP contribution in [0.25, 0.3) is 11.3 Å². The summed E-state index contributed by atoms with van der Waals surface area (Å²) in [7, 11) is 1.99. The third-order valence-corrected chi connectivity index (χ3v) is 4.21. The topological polar surface area (TPSA) is 43.8 Å². The number of imidazole rings is 1. The van der Waals surface area contributed by atoms with Gasteiger partial charge in [-0.2, -0.15) is 0 Å². The van der Waals surface area contributed by atoms with Crippen molar-refractivity contribution in [2.45, 2.75) is 18.4 Å². The molecule has 5 heteroatoms. The molecule has 1 aromatic carbocycles. The summed E-state index contributed by atoms with van der Waals surface area (Å²) in [5.41, 5.74) is 7.89. The Labute approximate surface area is 120 Å². The number of thioether (sulfide) groups is 1. The Morgan fingerprint density at radius 1 is 1.33 bits per heavy atom. The minimum Gasteiger partial charge on any atom is -0.329 e. The van der Waals surface area contributed by atoms with Crippen molar-refractivity contribution < 1.29 is 0 Å². The normalized spacial score (nSPS) is 10.9. The lowest BCUT2D eigenvalue weighted by Gasteiger charge is -2.06. The summed E-state index contributed by atoms with van der Waals surface area (Å²) in [5, 5.41) is 0. The summed E-state index contributed by atoms with van der Waals surface area (Å²) >= 11 is 5.35. The van der Waals surface area contributed by atoms with Crippen molar-refractivity contribution in [1.82, 2.24) is 9.55 Å². The zero-order valence-corrected chi connectivity index (χ0v) is 12.9. The van der Waals surface area contributed by atoms with Crippen LogP contribution in [0.4, 0.5) is 0 Å². The third kappa shape index (κ3) is 2.63. The molecule has 18 heavy (non-hydrogen) atoms. The largest absolute Gasteiger partial charge is 0.329 e. The van der Waals surface area contributed by atoms with Gasteiger partial charge >= 0.3 is 0 Å². The summed E-state index contributed by atoms with van der Waals surface area (Å²) in [6, 6.07) is 8.54. The van der Waals surface area contributed by atoms with Gasteiger partial charge in [0.05, 0.1) is 12.2 Å². The van der Waals surface area contributed by atoms with E-state index < -0.39 is 0 Å². The molecule has 0 bridgehead atoms. The molecule has 0 amide bonds. The van der Waals surface area contributed by atoms with Gasteiger partial charge in [-0.05, 0) is 33.8 Å². The number of rotatable bonds is 4. The Morgan fingerprint density at radius 3 is 2.50 bits per heavy atom. The molecule has 3 nitrogen and oxygen atoms in total. The minimum absolute atomic E-state index is 0.443. The summed E-state index contributed by atoms with van der Waals surface area (Å²) in [6.45, 7) is 2.60. The van der Waals surface area contributed by atoms with Crippen molar-refractivity contribution >= 4 is 27.7 Å². The molecule has 0 saturated heterocycles. The lowest BCUT2D eigenvalue weighted by Crippen LogP contribution is -2.05. The maximum Gasteiger partial charge on any atom is 0.132 e. The van der Waals surface area contributed by atoms with Gasteiger partial charge in [-0.3, -0.25) is 0 Å². The fourth-order valence-electron chi connectivity index (χ4n) is 1.88. The number of nitrogens with two attached hydrogens (primary N) is 1. The molecule has 0 fully saturated rings. The molecule has 0 radical (unpaired) electrons. The zero-order chi connectivity index (χ0) is 13.1. The molecule has 2 aromatic rings.